The third-order valence-corrected chi connectivity index (χ3v) is 3.40. The summed E-state index contributed by atoms with van der Waals surface area (Å²) in [6, 6.07) is 11.1. The van der Waals surface area contributed by atoms with E-state index in [1.54, 1.807) is 12.1 Å². The van der Waals surface area contributed by atoms with Crippen LogP contribution in [0.15, 0.2) is 50.4 Å². The third kappa shape index (κ3) is 2.89. The zero-order chi connectivity index (χ0) is 15.5. The summed E-state index contributed by atoms with van der Waals surface area (Å²) >= 11 is 3.34. The zero-order valence-corrected chi connectivity index (χ0v) is 13.2. The molecule has 0 atom stereocenters. The highest BCUT2D eigenvalue weighted by molar-refractivity contribution is 9.10. The number of oxazole rings is 1. The molecule has 6 nitrogen and oxygen atoms in total. The molecule has 0 bridgehead atoms. The van der Waals surface area contributed by atoms with Gasteiger partial charge in [0.25, 0.3) is 0 Å². The van der Waals surface area contributed by atoms with E-state index in [-0.39, 0.29) is 11.8 Å². The minimum Gasteiger partial charge on any atom is -0.504 e. The number of nitrogens with zero attached hydrogens (tertiary/aromatic N) is 2. The van der Waals surface area contributed by atoms with Gasteiger partial charge in [-0.25, -0.2) is 5.43 Å². The maximum absolute atomic E-state index is 10.0. The van der Waals surface area contributed by atoms with E-state index in [2.05, 4.69) is 31.4 Å². The number of phenols is 1. The first-order valence-electron chi connectivity index (χ1n) is 6.38. The van der Waals surface area contributed by atoms with Crippen molar-refractivity contribution < 1.29 is 14.3 Å². The van der Waals surface area contributed by atoms with Crippen LogP contribution < -0.4 is 10.2 Å². The van der Waals surface area contributed by atoms with Crippen molar-refractivity contribution in [1.29, 1.82) is 0 Å². The molecular weight excluding hydrogens is 350 g/mol. The van der Waals surface area contributed by atoms with Crippen LogP contribution in [0.25, 0.3) is 11.1 Å². The molecule has 0 aliphatic rings. The molecule has 0 spiro atoms. The SMILES string of the molecule is COc1cc(Br)cc(C=NNc2nc3ccccc3o2)c1O. The number of hydrogen-bond donors (Lipinski definition) is 2. The molecular formula is C15H12BrN3O3. The van der Waals surface area contributed by atoms with Gasteiger partial charge in [-0.15, -0.1) is 0 Å². The van der Waals surface area contributed by atoms with Crippen molar-refractivity contribution in [2.45, 2.75) is 0 Å². The van der Waals surface area contributed by atoms with Crippen LogP contribution in [0.5, 0.6) is 11.5 Å². The quantitative estimate of drug-likeness (QED) is 0.546. The molecule has 1 aromatic heterocycles. The standard InChI is InChI=1S/C15H12BrN3O3/c1-21-13-7-10(16)6-9(14(13)20)8-17-19-15-18-11-4-2-3-5-12(11)22-15/h2-8,20H,1H3,(H,18,19). The Bertz CT molecular complexity index is 812. The normalized spacial score (nSPS) is 11.2. The summed E-state index contributed by atoms with van der Waals surface area (Å²) in [5.74, 6) is 0.367. The minimum absolute atomic E-state index is 0.00816. The number of phenolic OH excluding ortho intramolecular Hbond substituents is 1. The maximum Gasteiger partial charge on any atom is 0.316 e. The van der Waals surface area contributed by atoms with Gasteiger partial charge in [-0.2, -0.15) is 10.1 Å². The van der Waals surface area contributed by atoms with Crippen molar-refractivity contribution in [2.75, 3.05) is 12.5 Å². The van der Waals surface area contributed by atoms with E-state index in [0.29, 0.717) is 16.9 Å². The molecule has 0 amide bonds. The van der Waals surface area contributed by atoms with E-state index in [0.717, 1.165) is 9.99 Å². The highest BCUT2D eigenvalue weighted by Gasteiger charge is 2.08. The number of rotatable bonds is 4. The van der Waals surface area contributed by atoms with Gasteiger partial charge >= 0.3 is 6.01 Å². The molecule has 0 aliphatic carbocycles. The van der Waals surface area contributed by atoms with Gasteiger partial charge in [-0.05, 0) is 24.3 Å². The number of anilines is 1. The van der Waals surface area contributed by atoms with Crippen molar-refractivity contribution in [1.82, 2.24) is 4.98 Å². The van der Waals surface area contributed by atoms with Crippen LogP contribution in [-0.4, -0.2) is 23.4 Å². The topological polar surface area (TPSA) is 79.9 Å². The second kappa shape index (κ2) is 6.07. The number of hydrogen-bond acceptors (Lipinski definition) is 6. The first-order chi connectivity index (χ1) is 10.7. The largest absolute Gasteiger partial charge is 0.504 e. The summed E-state index contributed by atoms with van der Waals surface area (Å²) in [5, 5.41) is 14.0. The van der Waals surface area contributed by atoms with Gasteiger partial charge in [0, 0.05) is 10.0 Å². The Kier molecular flexibility index (Phi) is 3.97. The minimum atomic E-state index is 0.00816. The summed E-state index contributed by atoms with van der Waals surface area (Å²) in [6.07, 6.45) is 1.46. The van der Waals surface area contributed by atoms with Crippen LogP contribution in [-0.2, 0) is 0 Å². The number of ether oxygens (including phenoxy) is 1. The molecule has 22 heavy (non-hydrogen) atoms. The van der Waals surface area contributed by atoms with Gasteiger partial charge in [0.2, 0.25) is 0 Å². The predicted molar refractivity (Wildman–Crippen MR) is 87.6 cm³/mol. The highest BCUT2D eigenvalue weighted by atomic mass is 79.9. The second-order valence-electron chi connectivity index (χ2n) is 4.40. The number of hydrazone groups is 1. The Morgan fingerprint density at radius 1 is 1.36 bits per heavy atom. The first-order valence-corrected chi connectivity index (χ1v) is 7.18. The molecule has 0 saturated heterocycles. The van der Waals surface area contributed by atoms with Crippen molar-refractivity contribution in [3.05, 3.63) is 46.4 Å². The Morgan fingerprint density at radius 3 is 2.95 bits per heavy atom. The summed E-state index contributed by atoms with van der Waals surface area (Å²) in [4.78, 5) is 4.23. The van der Waals surface area contributed by atoms with E-state index >= 15 is 0 Å². The van der Waals surface area contributed by atoms with Crippen molar-refractivity contribution in [3.63, 3.8) is 0 Å². The van der Waals surface area contributed by atoms with Crippen LogP contribution in [0.3, 0.4) is 0 Å². The smallest absolute Gasteiger partial charge is 0.316 e. The van der Waals surface area contributed by atoms with E-state index in [9.17, 15) is 5.11 Å². The van der Waals surface area contributed by atoms with E-state index in [1.165, 1.54) is 13.3 Å². The number of para-hydroxylation sites is 2. The molecule has 3 aromatic rings. The van der Waals surface area contributed by atoms with E-state index in [1.807, 2.05) is 24.3 Å². The summed E-state index contributed by atoms with van der Waals surface area (Å²) in [7, 11) is 1.49. The Hall–Kier alpha value is -2.54. The molecule has 0 fully saturated rings. The van der Waals surface area contributed by atoms with Gasteiger partial charge in [0.15, 0.2) is 17.1 Å². The molecule has 0 aliphatic heterocycles. The van der Waals surface area contributed by atoms with Crippen LogP contribution in [0.4, 0.5) is 6.01 Å². The monoisotopic (exact) mass is 361 g/mol. The van der Waals surface area contributed by atoms with Gasteiger partial charge in [-0.3, -0.25) is 0 Å². The second-order valence-corrected chi connectivity index (χ2v) is 5.32. The van der Waals surface area contributed by atoms with Crippen molar-refractivity contribution in [2.24, 2.45) is 5.10 Å². The molecule has 2 aromatic carbocycles. The molecule has 0 saturated carbocycles. The Labute approximate surface area is 134 Å². The van der Waals surface area contributed by atoms with Gasteiger partial charge in [0.05, 0.1) is 13.3 Å². The predicted octanol–water partition coefficient (Wildman–Crippen LogP) is 3.75. The Balaban J connectivity index is 1.81. The Morgan fingerprint density at radius 2 is 2.18 bits per heavy atom. The number of nitrogens with one attached hydrogen (secondary N) is 1. The van der Waals surface area contributed by atoms with E-state index in [4.69, 9.17) is 9.15 Å². The number of methoxy groups -OCH3 is 1. The van der Waals surface area contributed by atoms with Crippen molar-refractivity contribution >= 4 is 39.3 Å². The molecule has 1 heterocycles. The number of benzene rings is 2. The number of halogens is 1. The first kappa shape index (κ1) is 14.4. The molecule has 7 heteroatoms. The lowest BCUT2D eigenvalue weighted by molar-refractivity contribution is 0.373. The lowest BCUT2D eigenvalue weighted by Crippen LogP contribution is -1.93. The van der Waals surface area contributed by atoms with Gasteiger partial charge in [0.1, 0.15) is 5.52 Å². The highest BCUT2D eigenvalue weighted by Crippen LogP contribution is 2.32. The number of aromatic hydroxyl groups is 1. The van der Waals surface area contributed by atoms with Crippen LogP contribution >= 0.6 is 15.9 Å². The fraction of sp³-hybridized carbons (Fsp3) is 0.0667. The fourth-order valence-electron chi connectivity index (χ4n) is 1.93. The maximum atomic E-state index is 10.0. The molecule has 2 N–H and O–H groups in total. The number of fused-ring (bicyclic) bond motifs is 1. The summed E-state index contributed by atoms with van der Waals surface area (Å²) < 4.78 is 11.3. The fourth-order valence-corrected chi connectivity index (χ4v) is 2.38. The summed E-state index contributed by atoms with van der Waals surface area (Å²) in [5.41, 5.74) is 4.60. The van der Waals surface area contributed by atoms with Crippen LogP contribution in [0.2, 0.25) is 0 Å². The van der Waals surface area contributed by atoms with Crippen LogP contribution in [0, 0.1) is 0 Å². The van der Waals surface area contributed by atoms with E-state index < -0.39 is 0 Å². The lowest BCUT2D eigenvalue weighted by Gasteiger charge is -2.06. The van der Waals surface area contributed by atoms with Crippen molar-refractivity contribution in [3.8, 4) is 11.5 Å². The molecule has 3 rings (SSSR count). The molecule has 0 unspecified atom stereocenters. The average molecular weight is 362 g/mol. The number of aromatic nitrogens is 1. The average Bonchev–Trinajstić information content (AvgIpc) is 2.93. The molecule has 0 radical (unpaired) electrons. The van der Waals surface area contributed by atoms with Gasteiger partial charge < -0.3 is 14.3 Å². The third-order valence-electron chi connectivity index (χ3n) is 2.95. The zero-order valence-electron chi connectivity index (χ0n) is 11.6. The summed E-state index contributed by atoms with van der Waals surface area (Å²) in [6.45, 7) is 0. The lowest BCUT2D eigenvalue weighted by atomic mass is 10.2. The van der Waals surface area contributed by atoms with Crippen LogP contribution in [0.1, 0.15) is 5.56 Å². The molecule has 112 valence electrons. The van der Waals surface area contributed by atoms with Gasteiger partial charge in [-0.1, -0.05) is 28.1 Å².